The van der Waals surface area contributed by atoms with E-state index in [2.05, 4.69) is 8.37 Å². The van der Waals surface area contributed by atoms with Crippen molar-refractivity contribution >= 4 is 20.2 Å². The van der Waals surface area contributed by atoms with Crippen LogP contribution >= 0.6 is 0 Å². The highest BCUT2D eigenvalue weighted by atomic mass is 32.3. The highest BCUT2D eigenvalue weighted by Gasteiger charge is 2.24. The van der Waals surface area contributed by atoms with Crippen molar-refractivity contribution in [2.75, 3.05) is 18.3 Å². The van der Waals surface area contributed by atoms with E-state index < -0.39 is 25.3 Å². The van der Waals surface area contributed by atoms with Crippen molar-refractivity contribution in [3.05, 3.63) is 0 Å². The second-order valence-electron chi connectivity index (χ2n) is 4.59. The fourth-order valence-electron chi connectivity index (χ4n) is 0.724. The lowest BCUT2D eigenvalue weighted by molar-refractivity contribution is 0.268. The molecule has 0 aliphatic heterocycles. The molecular formula is C9H20O6S2. The molecule has 0 rings (SSSR count). The predicted octanol–water partition coefficient (Wildman–Crippen LogP) is 0.949. The summed E-state index contributed by atoms with van der Waals surface area (Å²) in [7, 11) is -8.19. The Kier molecular flexibility index (Phi) is 6.60. The van der Waals surface area contributed by atoms with Gasteiger partial charge in [0.25, 0.3) is 20.2 Å². The van der Waals surface area contributed by atoms with E-state index in [1.165, 1.54) is 0 Å². The maximum Gasteiger partial charge on any atom is 0.284 e. The largest absolute Gasteiger partial charge is 0.284 e. The van der Waals surface area contributed by atoms with Gasteiger partial charge in [0.1, 0.15) is 0 Å². The summed E-state index contributed by atoms with van der Waals surface area (Å²) in [6, 6.07) is 0. The first kappa shape index (κ1) is 16.8. The molecule has 6 nitrogen and oxygen atoms in total. The molecular weight excluding hydrogens is 268 g/mol. The molecule has 0 bridgehead atoms. The summed E-state index contributed by atoms with van der Waals surface area (Å²) in [6.45, 7) is 6.97. The van der Waals surface area contributed by atoms with E-state index in [0.29, 0.717) is 0 Å². The van der Waals surface area contributed by atoms with Gasteiger partial charge in [-0.1, -0.05) is 27.7 Å². The average Bonchev–Trinajstić information content (AvgIpc) is 2.10. The maximum atomic E-state index is 11.3. The lowest BCUT2D eigenvalue weighted by atomic mass is 10.2. The van der Waals surface area contributed by atoms with Crippen LogP contribution in [0.2, 0.25) is 0 Å². The third-order valence-electron chi connectivity index (χ3n) is 1.45. The van der Waals surface area contributed by atoms with Gasteiger partial charge in [-0.25, -0.2) is 0 Å². The maximum absolute atomic E-state index is 11.3. The van der Waals surface area contributed by atoms with Gasteiger partial charge in [0.15, 0.2) is 0 Å². The van der Waals surface area contributed by atoms with Gasteiger partial charge in [-0.3, -0.25) is 8.37 Å². The van der Waals surface area contributed by atoms with Crippen LogP contribution in [0.25, 0.3) is 0 Å². The monoisotopic (exact) mass is 288 g/mol. The van der Waals surface area contributed by atoms with Crippen molar-refractivity contribution in [2.24, 2.45) is 11.8 Å². The average molecular weight is 288 g/mol. The molecule has 0 saturated carbocycles. The van der Waals surface area contributed by atoms with Gasteiger partial charge in [0.2, 0.25) is 5.08 Å². The van der Waals surface area contributed by atoms with Gasteiger partial charge in [0, 0.05) is 0 Å². The van der Waals surface area contributed by atoms with E-state index in [1.54, 1.807) is 27.7 Å². The Morgan fingerprint density at radius 1 is 0.765 bits per heavy atom. The van der Waals surface area contributed by atoms with Crippen molar-refractivity contribution in [3.63, 3.8) is 0 Å². The Bertz CT molecular complexity index is 367. The molecule has 0 aromatic heterocycles. The van der Waals surface area contributed by atoms with E-state index in [0.717, 1.165) is 0 Å². The number of hydrogen-bond acceptors (Lipinski definition) is 6. The summed E-state index contributed by atoms with van der Waals surface area (Å²) < 4.78 is 54.3. The van der Waals surface area contributed by atoms with E-state index >= 15 is 0 Å². The summed E-state index contributed by atoms with van der Waals surface area (Å²) in [5.41, 5.74) is 0. The first-order chi connectivity index (χ1) is 7.54. The minimum atomic E-state index is -4.10. The van der Waals surface area contributed by atoms with Crippen LogP contribution in [0.15, 0.2) is 0 Å². The lowest BCUT2D eigenvalue weighted by Gasteiger charge is -2.09. The lowest BCUT2D eigenvalue weighted by Crippen LogP contribution is -2.23. The molecule has 0 heterocycles. The normalized spacial score (nSPS) is 13.5. The Hall–Kier alpha value is -0.180. The van der Waals surface area contributed by atoms with Crippen molar-refractivity contribution in [3.8, 4) is 0 Å². The second-order valence-corrected chi connectivity index (χ2v) is 8.23. The van der Waals surface area contributed by atoms with Crippen LogP contribution in [0.4, 0.5) is 0 Å². The molecule has 0 aromatic carbocycles. The molecule has 0 amide bonds. The van der Waals surface area contributed by atoms with Crippen LogP contribution in [0.3, 0.4) is 0 Å². The molecule has 0 fully saturated rings. The zero-order chi connectivity index (χ0) is 13.7. The Labute approximate surface area is 104 Å². The summed E-state index contributed by atoms with van der Waals surface area (Å²) in [4.78, 5) is 0. The molecule has 0 aromatic rings. The SMILES string of the molecule is CC(C)COS(=O)(=O)CS(=O)(=O)OCC(C)C. The molecule has 8 heteroatoms. The van der Waals surface area contributed by atoms with E-state index in [-0.39, 0.29) is 25.0 Å². The summed E-state index contributed by atoms with van der Waals surface area (Å²) in [5.74, 6) is 0.00752. The topological polar surface area (TPSA) is 86.7 Å². The fraction of sp³-hybridized carbons (Fsp3) is 1.00. The van der Waals surface area contributed by atoms with E-state index in [4.69, 9.17) is 0 Å². The molecule has 0 saturated heterocycles. The third-order valence-corrected chi connectivity index (χ3v) is 4.75. The number of hydrogen-bond donors (Lipinski definition) is 0. The molecule has 0 N–H and O–H groups in total. The van der Waals surface area contributed by atoms with Gasteiger partial charge in [-0.05, 0) is 11.8 Å². The molecule has 0 unspecified atom stereocenters. The quantitative estimate of drug-likeness (QED) is 0.618. The van der Waals surface area contributed by atoms with Crippen LogP contribution in [-0.2, 0) is 28.6 Å². The van der Waals surface area contributed by atoms with E-state index in [1.807, 2.05) is 0 Å². The third kappa shape index (κ3) is 9.51. The standard InChI is InChI=1S/C9H20O6S2/c1-8(2)5-14-16(10,11)7-17(12,13)15-6-9(3)4/h8-9H,5-7H2,1-4H3. The van der Waals surface area contributed by atoms with Crippen LogP contribution in [-0.4, -0.2) is 35.1 Å². The molecule has 0 spiro atoms. The smallest absolute Gasteiger partial charge is 0.269 e. The Morgan fingerprint density at radius 2 is 1.06 bits per heavy atom. The van der Waals surface area contributed by atoms with Crippen molar-refractivity contribution in [2.45, 2.75) is 27.7 Å². The molecule has 104 valence electrons. The predicted molar refractivity (Wildman–Crippen MR) is 64.3 cm³/mol. The van der Waals surface area contributed by atoms with Crippen molar-refractivity contribution in [1.29, 1.82) is 0 Å². The minimum absolute atomic E-state index is 0.00376. The van der Waals surface area contributed by atoms with Crippen LogP contribution in [0.1, 0.15) is 27.7 Å². The molecule has 0 aliphatic carbocycles. The highest BCUT2D eigenvalue weighted by Crippen LogP contribution is 2.06. The molecule has 0 aliphatic rings. The summed E-state index contributed by atoms with van der Waals surface area (Å²) in [6.07, 6.45) is 0. The summed E-state index contributed by atoms with van der Waals surface area (Å²) >= 11 is 0. The van der Waals surface area contributed by atoms with Gasteiger partial charge in [-0.15, -0.1) is 0 Å². The first-order valence-corrected chi connectivity index (χ1v) is 8.44. The van der Waals surface area contributed by atoms with Crippen molar-refractivity contribution < 1.29 is 25.2 Å². The molecule has 0 radical (unpaired) electrons. The minimum Gasteiger partial charge on any atom is -0.269 e. The Morgan fingerprint density at radius 3 is 1.29 bits per heavy atom. The zero-order valence-corrected chi connectivity index (χ0v) is 12.2. The zero-order valence-electron chi connectivity index (χ0n) is 10.5. The first-order valence-electron chi connectivity index (χ1n) is 5.28. The van der Waals surface area contributed by atoms with Crippen LogP contribution < -0.4 is 0 Å². The van der Waals surface area contributed by atoms with Gasteiger partial charge in [-0.2, -0.15) is 16.8 Å². The molecule has 0 atom stereocenters. The summed E-state index contributed by atoms with van der Waals surface area (Å²) in [5, 5.41) is -1.14. The second kappa shape index (κ2) is 6.67. The van der Waals surface area contributed by atoms with Gasteiger partial charge >= 0.3 is 0 Å². The Balaban J connectivity index is 4.39. The highest BCUT2D eigenvalue weighted by molar-refractivity contribution is 8.03. The fourth-order valence-corrected chi connectivity index (χ4v) is 3.64. The van der Waals surface area contributed by atoms with Crippen molar-refractivity contribution in [1.82, 2.24) is 0 Å². The van der Waals surface area contributed by atoms with Crippen LogP contribution in [0, 0.1) is 11.8 Å². The molecule has 17 heavy (non-hydrogen) atoms. The number of rotatable bonds is 8. The van der Waals surface area contributed by atoms with E-state index in [9.17, 15) is 16.8 Å². The van der Waals surface area contributed by atoms with Crippen LogP contribution in [0.5, 0.6) is 0 Å². The van der Waals surface area contributed by atoms with Gasteiger partial charge in [0.05, 0.1) is 13.2 Å². The van der Waals surface area contributed by atoms with Gasteiger partial charge < -0.3 is 0 Å².